The molecule has 2 amide bonds. The van der Waals surface area contributed by atoms with E-state index >= 15 is 0 Å². The Hall–Kier alpha value is -3.52. The summed E-state index contributed by atoms with van der Waals surface area (Å²) in [6, 6.07) is 13.5. The highest BCUT2D eigenvalue weighted by Gasteiger charge is 2.17. The van der Waals surface area contributed by atoms with Gasteiger partial charge in [0.2, 0.25) is 10.9 Å². The zero-order valence-electron chi connectivity index (χ0n) is 16.3. The first kappa shape index (κ1) is 18.5. The van der Waals surface area contributed by atoms with Gasteiger partial charge in [0.1, 0.15) is 0 Å². The first-order chi connectivity index (χ1) is 14.6. The third kappa shape index (κ3) is 3.46. The number of thiazole rings is 1. The van der Waals surface area contributed by atoms with Crippen molar-refractivity contribution in [3.05, 3.63) is 64.5 Å². The first-order valence-corrected chi connectivity index (χ1v) is 10.6. The second-order valence-corrected chi connectivity index (χ2v) is 8.18. The van der Waals surface area contributed by atoms with E-state index in [1.165, 1.54) is 16.9 Å². The number of nitrogens with zero attached hydrogens (tertiary/aromatic N) is 3. The first-order valence-electron chi connectivity index (χ1n) is 9.72. The number of carbonyl (C=O) groups excluding carboxylic acids is 2. The maximum absolute atomic E-state index is 12.8. The van der Waals surface area contributed by atoms with E-state index < -0.39 is 0 Å². The highest BCUT2D eigenvalue weighted by Crippen LogP contribution is 2.27. The Labute approximate surface area is 176 Å². The normalized spacial score (nSPS) is 13.6. The Morgan fingerprint density at radius 1 is 1.17 bits per heavy atom. The monoisotopic (exact) mass is 417 g/mol. The predicted molar refractivity (Wildman–Crippen MR) is 117 cm³/mol. The molecule has 0 saturated heterocycles. The number of rotatable bonds is 3. The topological polar surface area (TPSA) is 88.4 Å². The molecule has 2 N–H and O–H groups in total. The number of aryl methyl sites for hydroxylation is 2. The van der Waals surface area contributed by atoms with Crippen molar-refractivity contribution in [2.45, 2.75) is 26.2 Å². The van der Waals surface area contributed by atoms with Crippen LogP contribution in [0.2, 0.25) is 0 Å². The number of benzene rings is 2. The number of nitrogens with one attached hydrogen (secondary N) is 2. The lowest BCUT2D eigenvalue weighted by Gasteiger charge is -2.08. The molecular weight excluding hydrogens is 398 g/mol. The van der Waals surface area contributed by atoms with Crippen LogP contribution in [0.4, 0.5) is 11.6 Å². The average Bonchev–Trinajstić information content (AvgIpc) is 3.23. The van der Waals surface area contributed by atoms with Crippen LogP contribution in [-0.4, -0.2) is 26.4 Å². The third-order valence-electron chi connectivity index (χ3n) is 5.15. The predicted octanol–water partition coefficient (Wildman–Crippen LogP) is 4.29. The number of anilines is 2. The van der Waals surface area contributed by atoms with Crippen LogP contribution < -0.4 is 10.6 Å². The molecule has 2 aromatic carbocycles. The van der Waals surface area contributed by atoms with Crippen LogP contribution in [0.1, 0.15) is 34.3 Å². The van der Waals surface area contributed by atoms with Gasteiger partial charge in [-0.15, -0.1) is 16.4 Å². The van der Waals surface area contributed by atoms with Crippen LogP contribution in [0, 0.1) is 6.92 Å². The molecule has 0 fully saturated rings. The summed E-state index contributed by atoms with van der Waals surface area (Å²) in [5.74, 6) is 0.00424. The minimum absolute atomic E-state index is 0.0117. The zero-order chi connectivity index (χ0) is 20.7. The van der Waals surface area contributed by atoms with Crippen molar-refractivity contribution >= 4 is 39.7 Å². The maximum atomic E-state index is 12.8. The second-order valence-electron chi connectivity index (χ2n) is 7.34. The van der Waals surface area contributed by atoms with Gasteiger partial charge in [-0.1, -0.05) is 29.8 Å². The van der Waals surface area contributed by atoms with Gasteiger partial charge in [0.05, 0.1) is 5.69 Å². The number of amides is 2. The molecule has 30 heavy (non-hydrogen) atoms. The number of carbonyl (C=O) groups is 2. The molecule has 0 saturated carbocycles. The number of hydrogen-bond donors (Lipinski definition) is 2. The molecule has 3 heterocycles. The molecule has 8 heteroatoms. The lowest BCUT2D eigenvalue weighted by Crippen LogP contribution is -2.14. The van der Waals surface area contributed by atoms with E-state index in [2.05, 4.69) is 32.8 Å². The summed E-state index contributed by atoms with van der Waals surface area (Å²) in [4.78, 5) is 29.6. The summed E-state index contributed by atoms with van der Waals surface area (Å²) in [6.45, 7) is 2.05. The van der Waals surface area contributed by atoms with Crippen molar-refractivity contribution in [2.24, 2.45) is 0 Å². The molecule has 0 spiro atoms. The van der Waals surface area contributed by atoms with Crippen LogP contribution >= 0.6 is 11.3 Å². The Kier molecular flexibility index (Phi) is 4.55. The Balaban J connectivity index is 1.39. The Bertz CT molecular complexity index is 1270. The minimum atomic E-state index is -0.275. The summed E-state index contributed by atoms with van der Waals surface area (Å²) < 4.78 is 1.75. The maximum Gasteiger partial charge on any atom is 0.258 e. The van der Waals surface area contributed by atoms with Crippen molar-refractivity contribution in [3.63, 3.8) is 0 Å². The van der Waals surface area contributed by atoms with E-state index in [9.17, 15) is 9.59 Å². The molecule has 0 aliphatic carbocycles. The molecular formula is C22H19N5O2S. The van der Waals surface area contributed by atoms with Gasteiger partial charge in [-0.2, -0.15) is 4.98 Å². The molecule has 2 aromatic heterocycles. The summed E-state index contributed by atoms with van der Waals surface area (Å²) in [5.41, 5.74) is 5.43. The lowest BCUT2D eigenvalue weighted by atomic mass is 10.0. The fraction of sp³-hybridized carbons (Fsp3) is 0.182. The molecule has 0 atom stereocenters. The van der Waals surface area contributed by atoms with E-state index in [0.717, 1.165) is 35.3 Å². The third-order valence-corrected chi connectivity index (χ3v) is 5.96. The second kappa shape index (κ2) is 7.38. The van der Waals surface area contributed by atoms with E-state index in [-0.39, 0.29) is 17.8 Å². The molecule has 0 unspecified atom stereocenters. The smallest absolute Gasteiger partial charge is 0.258 e. The van der Waals surface area contributed by atoms with Gasteiger partial charge >= 0.3 is 0 Å². The van der Waals surface area contributed by atoms with Crippen LogP contribution in [0.15, 0.2) is 47.8 Å². The van der Waals surface area contributed by atoms with Gasteiger partial charge in [0.25, 0.3) is 11.9 Å². The minimum Gasteiger partial charge on any atom is -0.326 e. The SMILES string of the molecule is Cc1ccc(-c2csc3nc(NC(=O)c4ccc5c(c4)CCCC(=O)N5)nn23)cc1. The van der Waals surface area contributed by atoms with E-state index in [0.29, 0.717) is 16.9 Å². The van der Waals surface area contributed by atoms with Crippen molar-refractivity contribution in [1.29, 1.82) is 0 Å². The van der Waals surface area contributed by atoms with Crippen LogP contribution in [0.3, 0.4) is 0 Å². The standard InChI is InChI=1S/C22H19N5O2S/c1-13-5-7-14(8-6-13)18-12-30-22-25-21(26-27(18)22)24-20(29)16-9-10-17-15(11-16)3-2-4-19(28)23-17/h5-12H,2-4H2,1H3,(H,23,28)(H,24,26,29). The largest absolute Gasteiger partial charge is 0.326 e. The van der Waals surface area contributed by atoms with Crippen molar-refractivity contribution < 1.29 is 9.59 Å². The van der Waals surface area contributed by atoms with Crippen LogP contribution in [0.5, 0.6) is 0 Å². The molecule has 7 nitrogen and oxygen atoms in total. The number of aromatic nitrogens is 3. The summed E-state index contributed by atoms with van der Waals surface area (Å²) in [5, 5.41) is 12.2. The number of hydrogen-bond acceptors (Lipinski definition) is 5. The molecule has 5 rings (SSSR count). The zero-order valence-corrected chi connectivity index (χ0v) is 17.1. The molecule has 1 aliphatic heterocycles. The molecule has 1 aliphatic rings. The summed E-state index contributed by atoms with van der Waals surface area (Å²) >= 11 is 1.48. The lowest BCUT2D eigenvalue weighted by molar-refractivity contribution is -0.116. The van der Waals surface area contributed by atoms with Crippen LogP contribution in [-0.2, 0) is 11.2 Å². The quantitative estimate of drug-likeness (QED) is 0.520. The fourth-order valence-corrected chi connectivity index (χ4v) is 4.38. The van der Waals surface area contributed by atoms with Crippen molar-refractivity contribution in [2.75, 3.05) is 10.6 Å². The number of fused-ring (bicyclic) bond motifs is 2. The van der Waals surface area contributed by atoms with Gasteiger partial charge in [-0.3, -0.25) is 14.9 Å². The van der Waals surface area contributed by atoms with E-state index in [4.69, 9.17) is 0 Å². The van der Waals surface area contributed by atoms with Gasteiger partial charge in [0, 0.05) is 28.6 Å². The van der Waals surface area contributed by atoms with Gasteiger partial charge in [-0.05, 0) is 43.5 Å². The van der Waals surface area contributed by atoms with Crippen LogP contribution in [0.25, 0.3) is 16.2 Å². The fourth-order valence-electron chi connectivity index (χ4n) is 3.55. The van der Waals surface area contributed by atoms with Gasteiger partial charge in [-0.25, -0.2) is 4.52 Å². The molecule has 0 bridgehead atoms. The van der Waals surface area contributed by atoms with E-state index in [1.807, 2.05) is 30.5 Å². The summed E-state index contributed by atoms with van der Waals surface area (Å²) in [7, 11) is 0. The average molecular weight is 417 g/mol. The van der Waals surface area contributed by atoms with Gasteiger partial charge < -0.3 is 5.32 Å². The van der Waals surface area contributed by atoms with Crippen molar-refractivity contribution in [3.8, 4) is 11.3 Å². The highest BCUT2D eigenvalue weighted by atomic mass is 32.1. The highest BCUT2D eigenvalue weighted by molar-refractivity contribution is 7.15. The van der Waals surface area contributed by atoms with Gasteiger partial charge in [0.15, 0.2) is 0 Å². The van der Waals surface area contributed by atoms with E-state index in [1.54, 1.807) is 16.6 Å². The molecule has 4 aromatic rings. The Morgan fingerprint density at radius 2 is 2.00 bits per heavy atom. The Morgan fingerprint density at radius 3 is 2.83 bits per heavy atom. The molecule has 150 valence electrons. The van der Waals surface area contributed by atoms with Crippen molar-refractivity contribution in [1.82, 2.24) is 14.6 Å². The molecule has 0 radical (unpaired) electrons. The summed E-state index contributed by atoms with van der Waals surface area (Å²) in [6.07, 6.45) is 2.02.